The third-order valence-corrected chi connectivity index (χ3v) is 5.55. The first kappa shape index (κ1) is 16.9. The lowest BCUT2D eigenvalue weighted by Gasteiger charge is -2.10. The van der Waals surface area contributed by atoms with Crippen molar-refractivity contribution >= 4 is 27.2 Å². The van der Waals surface area contributed by atoms with Gasteiger partial charge in [-0.2, -0.15) is 0 Å². The molecule has 0 unspecified atom stereocenters. The molecule has 5 nitrogen and oxygen atoms in total. The van der Waals surface area contributed by atoms with E-state index in [1.54, 1.807) is 22.2 Å². The van der Waals surface area contributed by atoms with E-state index in [2.05, 4.69) is 54.3 Å². The standard InChI is InChI=1S/C22H18N4OS/c1-14-6-7-15(2)19(10-14)27-12-16-4-3-5-17(11-16)20-24-21-18-8-9-28-22(18)23-13-26(21)25-20/h3-11,13H,12H2,1-2H3. The number of nitrogens with zero attached hydrogens (tertiary/aromatic N) is 4. The molecule has 0 fully saturated rings. The minimum atomic E-state index is 0.502. The Labute approximate surface area is 166 Å². The van der Waals surface area contributed by atoms with Crippen molar-refractivity contribution in [1.29, 1.82) is 0 Å². The van der Waals surface area contributed by atoms with Crippen LogP contribution in [0.15, 0.2) is 60.2 Å². The Morgan fingerprint density at radius 2 is 2.00 bits per heavy atom. The van der Waals surface area contributed by atoms with Crippen molar-refractivity contribution in [2.45, 2.75) is 20.5 Å². The molecule has 0 bridgehead atoms. The number of benzene rings is 2. The molecule has 0 radical (unpaired) electrons. The Bertz CT molecular complexity index is 1300. The number of ether oxygens (including phenoxy) is 1. The summed E-state index contributed by atoms with van der Waals surface area (Å²) in [6, 6.07) is 16.5. The van der Waals surface area contributed by atoms with Gasteiger partial charge in [0.25, 0.3) is 0 Å². The number of aryl methyl sites for hydroxylation is 2. The van der Waals surface area contributed by atoms with Crippen LogP contribution in [0.2, 0.25) is 0 Å². The highest BCUT2D eigenvalue weighted by Crippen LogP contribution is 2.25. The zero-order valence-electron chi connectivity index (χ0n) is 15.6. The van der Waals surface area contributed by atoms with E-state index in [-0.39, 0.29) is 0 Å². The first-order valence-corrected chi connectivity index (χ1v) is 9.93. The van der Waals surface area contributed by atoms with Gasteiger partial charge in [0.2, 0.25) is 0 Å². The second kappa shape index (κ2) is 6.73. The van der Waals surface area contributed by atoms with Crippen LogP contribution >= 0.6 is 11.3 Å². The largest absolute Gasteiger partial charge is 0.489 e. The van der Waals surface area contributed by atoms with E-state index >= 15 is 0 Å². The fourth-order valence-electron chi connectivity index (χ4n) is 3.21. The summed E-state index contributed by atoms with van der Waals surface area (Å²) >= 11 is 1.61. The molecule has 0 saturated carbocycles. The van der Waals surface area contributed by atoms with Crippen molar-refractivity contribution in [3.05, 3.63) is 76.9 Å². The Morgan fingerprint density at radius 3 is 2.93 bits per heavy atom. The molecule has 0 N–H and O–H groups in total. The number of rotatable bonds is 4. The summed E-state index contributed by atoms with van der Waals surface area (Å²) in [6.07, 6.45) is 1.72. The van der Waals surface area contributed by atoms with E-state index in [1.807, 2.05) is 23.6 Å². The average molecular weight is 386 g/mol. The molecule has 0 saturated heterocycles. The van der Waals surface area contributed by atoms with Gasteiger partial charge < -0.3 is 4.74 Å². The molecule has 0 aliphatic rings. The van der Waals surface area contributed by atoms with Gasteiger partial charge in [0, 0.05) is 5.56 Å². The molecule has 0 aliphatic carbocycles. The van der Waals surface area contributed by atoms with E-state index in [9.17, 15) is 0 Å². The molecule has 0 atom stereocenters. The van der Waals surface area contributed by atoms with Crippen LogP contribution in [-0.2, 0) is 6.61 Å². The average Bonchev–Trinajstić information content (AvgIpc) is 3.35. The van der Waals surface area contributed by atoms with E-state index in [0.717, 1.165) is 38.3 Å². The lowest BCUT2D eigenvalue weighted by atomic mass is 10.1. The predicted molar refractivity (Wildman–Crippen MR) is 112 cm³/mol. The van der Waals surface area contributed by atoms with Gasteiger partial charge in [0.05, 0.1) is 5.39 Å². The first-order chi connectivity index (χ1) is 13.7. The van der Waals surface area contributed by atoms with Gasteiger partial charge in [-0.25, -0.2) is 14.5 Å². The van der Waals surface area contributed by atoms with E-state index in [0.29, 0.717) is 12.4 Å². The van der Waals surface area contributed by atoms with Gasteiger partial charge in [0.1, 0.15) is 23.5 Å². The molecule has 0 amide bonds. The van der Waals surface area contributed by atoms with Crippen LogP contribution in [0.3, 0.4) is 0 Å². The van der Waals surface area contributed by atoms with E-state index < -0.39 is 0 Å². The highest BCUT2D eigenvalue weighted by Gasteiger charge is 2.11. The maximum absolute atomic E-state index is 6.05. The third kappa shape index (κ3) is 3.01. The fraction of sp³-hybridized carbons (Fsp3) is 0.136. The Kier molecular flexibility index (Phi) is 4.06. The fourth-order valence-corrected chi connectivity index (χ4v) is 3.94. The van der Waals surface area contributed by atoms with Gasteiger partial charge in [-0.15, -0.1) is 16.4 Å². The third-order valence-electron chi connectivity index (χ3n) is 4.72. The molecule has 0 spiro atoms. The molecule has 5 rings (SSSR count). The summed E-state index contributed by atoms with van der Waals surface area (Å²) in [5.74, 6) is 1.61. The minimum absolute atomic E-state index is 0.502. The highest BCUT2D eigenvalue weighted by atomic mass is 32.1. The number of thiophene rings is 1. The number of fused-ring (bicyclic) bond motifs is 3. The minimum Gasteiger partial charge on any atom is -0.489 e. The topological polar surface area (TPSA) is 52.3 Å². The number of hydrogen-bond acceptors (Lipinski definition) is 5. The van der Waals surface area contributed by atoms with Crippen molar-refractivity contribution < 1.29 is 4.74 Å². The van der Waals surface area contributed by atoms with Crippen LogP contribution in [0.5, 0.6) is 5.75 Å². The van der Waals surface area contributed by atoms with Crippen molar-refractivity contribution in [1.82, 2.24) is 19.6 Å². The van der Waals surface area contributed by atoms with Gasteiger partial charge >= 0.3 is 0 Å². The smallest absolute Gasteiger partial charge is 0.182 e. The maximum atomic E-state index is 6.05. The molecule has 3 aromatic heterocycles. The molecule has 2 aromatic carbocycles. The Balaban J connectivity index is 1.45. The van der Waals surface area contributed by atoms with Crippen LogP contribution in [0.25, 0.3) is 27.3 Å². The first-order valence-electron chi connectivity index (χ1n) is 9.05. The van der Waals surface area contributed by atoms with Crippen molar-refractivity contribution in [2.75, 3.05) is 0 Å². The molecule has 3 heterocycles. The molecular formula is C22H18N4OS. The SMILES string of the molecule is Cc1ccc(C)c(OCc2cccc(-c3nc4c5ccsc5ncn4n3)c2)c1. The zero-order chi connectivity index (χ0) is 19.1. The summed E-state index contributed by atoms with van der Waals surface area (Å²) in [6.45, 7) is 4.63. The highest BCUT2D eigenvalue weighted by molar-refractivity contribution is 7.16. The second-order valence-corrected chi connectivity index (χ2v) is 7.74. The number of aromatic nitrogens is 4. The van der Waals surface area contributed by atoms with Gasteiger partial charge in [0.15, 0.2) is 11.5 Å². The lowest BCUT2D eigenvalue weighted by molar-refractivity contribution is 0.304. The summed E-state index contributed by atoms with van der Waals surface area (Å²) in [5, 5.41) is 7.66. The summed E-state index contributed by atoms with van der Waals surface area (Å²) in [4.78, 5) is 10.2. The molecule has 138 valence electrons. The molecule has 5 aromatic rings. The van der Waals surface area contributed by atoms with Gasteiger partial charge in [-0.3, -0.25) is 0 Å². The van der Waals surface area contributed by atoms with Crippen molar-refractivity contribution in [3.8, 4) is 17.1 Å². The second-order valence-electron chi connectivity index (χ2n) is 6.85. The van der Waals surface area contributed by atoms with Crippen molar-refractivity contribution in [3.63, 3.8) is 0 Å². The quantitative estimate of drug-likeness (QED) is 0.426. The summed E-state index contributed by atoms with van der Waals surface area (Å²) in [7, 11) is 0. The van der Waals surface area contributed by atoms with Crippen LogP contribution in [-0.4, -0.2) is 19.6 Å². The molecule has 0 aliphatic heterocycles. The summed E-state index contributed by atoms with van der Waals surface area (Å²) < 4.78 is 7.79. The Morgan fingerprint density at radius 1 is 1.07 bits per heavy atom. The zero-order valence-corrected chi connectivity index (χ0v) is 16.4. The normalized spacial score (nSPS) is 11.4. The van der Waals surface area contributed by atoms with Gasteiger partial charge in [-0.1, -0.05) is 30.3 Å². The molecule has 6 heteroatoms. The van der Waals surface area contributed by atoms with Crippen LogP contribution in [0.1, 0.15) is 16.7 Å². The van der Waals surface area contributed by atoms with Crippen LogP contribution < -0.4 is 4.74 Å². The van der Waals surface area contributed by atoms with Gasteiger partial charge in [-0.05, 0) is 54.1 Å². The Hall–Kier alpha value is -3.25. The maximum Gasteiger partial charge on any atom is 0.182 e. The molecular weight excluding hydrogens is 368 g/mol. The lowest BCUT2D eigenvalue weighted by Crippen LogP contribution is -1.98. The van der Waals surface area contributed by atoms with E-state index in [1.165, 1.54) is 5.56 Å². The monoisotopic (exact) mass is 386 g/mol. The van der Waals surface area contributed by atoms with E-state index in [4.69, 9.17) is 9.72 Å². The molecule has 28 heavy (non-hydrogen) atoms. The van der Waals surface area contributed by atoms with Crippen molar-refractivity contribution in [2.24, 2.45) is 0 Å². The van der Waals surface area contributed by atoms with Crippen LogP contribution in [0.4, 0.5) is 0 Å². The predicted octanol–water partition coefficient (Wildman–Crippen LogP) is 5.20. The summed E-state index contributed by atoms with van der Waals surface area (Å²) in [5.41, 5.74) is 5.20. The van der Waals surface area contributed by atoms with Crippen LogP contribution in [0, 0.1) is 13.8 Å². The number of hydrogen-bond donors (Lipinski definition) is 0.